The zero-order valence-electron chi connectivity index (χ0n) is 17.2. The van der Waals surface area contributed by atoms with Crippen molar-refractivity contribution < 1.29 is 24.2 Å². The number of amides is 1. The number of carbonyl (C=O) groups excluding carboxylic acids is 1. The molecule has 1 saturated carbocycles. The van der Waals surface area contributed by atoms with E-state index in [0.717, 1.165) is 29.4 Å². The topological polar surface area (TPSA) is 89.0 Å². The standard InChI is InChI=1S/C21H29BrN2O5/c1-19(2,3)29-18(27)24-11-10-20(14-24)6-8-21(9-7-20,28-13-17(25)26)15-4-5-16(22)23-12-15/h4-5,12H,6-11,13-14H2,1-3H3,(H,25,26). The summed E-state index contributed by atoms with van der Waals surface area (Å²) in [5, 5.41) is 9.14. The molecular weight excluding hydrogens is 440 g/mol. The lowest BCUT2D eigenvalue weighted by atomic mass is 9.66. The van der Waals surface area contributed by atoms with Crippen molar-refractivity contribution in [2.75, 3.05) is 19.7 Å². The van der Waals surface area contributed by atoms with E-state index in [1.54, 1.807) is 11.1 Å². The first-order chi connectivity index (χ1) is 13.5. The Kier molecular flexibility index (Phi) is 6.24. The monoisotopic (exact) mass is 468 g/mol. The van der Waals surface area contributed by atoms with Crippen molar-refractivity contribution in [3.8, 4) is 0 Å². The Labute approximate surface area is 179 Å². The number of likely N-dealkylation sites (tertiary alicyclic amines) is 1. The summed E-state index contributed by atoms with van der Waals surface area (Å²) in [6.07, 6.45) is 5.55. The average molecular weight is 469 g/mol. The van der Waals surface area contributed by atoms with Crippen molar-refractivity contribution in [1.82, 2.24) is 9.88 Å². The Bertz CT molecular complexity index is 751. The lowest BCUT2D eigenvalue weighted by molar-refractivity contribution is -0.156. The van der Waals surface area contributed by atoms with Gasteiger partial charge >= 0.3 is 12.1 Å². The molecule has 1 aliphatic heterocycles. The highest BCUT2D eigenvalue weighted by Crippen LogP contribution is 2.51. The second-order valence-electron chi connectivity index (χ2n) is 9.20. The molecular formula is C21H29BrN2O5. The molecule has 0 aromatic carbocycles. The first-order valence-electron chi connectivity index (χ1n) is 9.98. The van der Waals surface area contributed by atoms with E-state index in [0.29, 0.717) is 25.9 Å². The summed E-state index contributed by atoms with van der Waals surface area (Å²) in [6, 6.07) is 3.80. The van der Waals surface area contributed by atoms with Crippen LogP contribution in [0.4, 0.5) is 4.79 Å². The number of hydrogen-bond donors (Lipinski definition) is 1. The predicted molar refractivity (Wildman–Crippen MR) is 111 cm³/mol. The van der Waals surface area contributed by atoms with Gasteiger partial charge in [0.25, 0.3) is 0 Å². The molecule has 7 nitrogen and oxygen atoms in total. The Hall–Kier alpha value is -1.67. The summed E-state index contributed by atoms with van der Waals surface area (Å²) in [5.41, 5.74) is -0.223. The molecule has 0 bridgehead atoms. The van der Waals surface area contributed by atoms with Gasteiger partial charge in [-0.05, 0) is 80.3 Å². The van der Waals surface area contributed by atoms with Crippen molar-refractivity contribution in [3.63, 3.8) is 0 Å². The summed E-state index contributed by atoms with van der Waals surface area (Å²) in [5.74, 6) is -0.980. The molecule has 0 radical (unpaired) electrons. The number of rotatable bonds is 4. The van der Waals surface area contributed by atoms with Gasteiger partial charge in [0, 0.05) is 24.8 Å². The van der Waals surface area contributed by atoms with Crippen LogP contribution in [0.1, 0.15) is 58.4 Å². The third-order valence-electron chi connectivity index (χ3n) is 5.93. The van der Waals surface area contributed by atoms with Gasteiger partial charge in [0.2, 0.25) is 0 Å². The minimum atomic E-state index is -0.980. The molecule has 1 saturated heterocycles. The summed E-state index contributed by atoms with van der Waals surface area (Å²) in [7, 11) is 0. The number of nitrogens with zero attached hydrogens (tertiary/aromatic N) is 2. The molecule has 1 aromatic heterocycles. The summed E-state index contributed by atoms with van der Waals surface area (Å²) in [4.78, 5) is 29.7. The van der Waals surface area contributed by atoms with E-state index < -0.39 is 17.2 Å². The first kappa shape index (κ1) is 22.0. The molecule has 1 amide bonds. The largest absolute Gasteiger partial charge is 0.480 e. The highest BCUT2D eigenvalue weighted by atomic mass is 79.9. The van der Waals surface area contributed by atoms with E-state index in [2.05, 4.69) is 20.9 Å². The Balaban J connectivity index is 1.71. The lowest BCUT2D eigenvalue weighted by Crippen LogP contribution is -2.42. The van der Waals surface area contributed by atoms with Crippen molar-refractivity contribution in [1.29, 1.82) is 0 Å². The van der Waals surface area contributed by atoms with E-state index in [1.807, 2.05) is 32.9 Å². The lowest BCUT2D eigenvalue weighted by Gasteiger charge is -2.44. The van der Waals surface area contributed by atoms with Gasteiger partial charge in [-0.1, -0.05) is 6.07 Å². The number of aromatic nitrogens is 1. The van der Waals surface area contributed by atoms with E-state index in [9.17, 15) is 9.59 Å². The highest BCUT2D eigenvalue weighted by Gasteiger charge is 2.49. The van der Waals surface area contributed by atoms with Gasteiger partial charge in [0.1, 0.15) is 16.8 Å². The Morgan fingerprint density at radius 1 is 1.21 bits per heavy atom. The quantitative estimate of drug-likeness (QED) is 0.660. The second kappa shape index (κ2) is 8.22. The molecule has 3 rings (SSSR count). The number of carbonyl (C=O) groups is 2. The number of aliphatic carboxylic acids is 1. The fraction of sp³-hybridized carbons (Fsp3) is 0.667. The first-order valence-corrected chi connectivity index (χ1v) is 10.8. The van der Waals surface area contributed by atoms with Gasteiger partial charge in [-0.3, -0.25) is 0 Å². The van der Waals surface area contributed by atoms with Crippen LogP contribution in [0, 0.1) is 5.41 Å². The van der Waals surface area contributed by atoms with Crippen molar-refractivity contribution in [2.24, 2.45) is 5.41 Å². The molecule has 29 heavy (non-hydrogen) atoms. The zero-order valence-corrected chi connectivity index (χ0v) is 18.8. The summed E-state index contributed by atoms with van der Waals surface area (Å²) in [6.45, 7) is 6.65. The number of hydrogen-bond acceptors (Lipinski definition) is 5. The minimum Gasteiger partial charge on any atom is -0.480 e. The van der Waals surface area contributed by atoms with Crippen LogP contribution in [-0.4, -0.2) is 52.4 Å². The Morgan fingerprint density at radius 3 is 2.45 bits per heavy atom. The molecule has 160 valence electrons. The second-order valence-corrected chi connectivity index (χ2v) is 10.0. The number of ether oxygens (including phenoxy) is 2. The number of halogens is 1. The molecule has 0 unspecified atom stereocenters. The third-order valence-corrected chi connectivity index (χ3v) is 6.40. The van der Waals surface area contributed by atoms with E-state index in [-0.39, 0.29) is 18.1 Å². The molecule has 1 aliphatic carbocycles. The number of pyridine rings is 1. The van der Waals surface area contributed by atoms with Crippen LogP contribution < -0.4 is 0 Å². The van der Waals surface area contributed by atoms with E-state index >= 15 is 0 Å². The van der Waals surface area contributed by atoms with Crippen LogP contribution in [0.15, 0.2) is 22.9 Å². The molecule has 0 atom stereocenters. The Morgan fingerprint density at radius 2 is 1.90 bits per heavy atom. The minimum absolute atomic E-state index is 0.0375. The maximum absolute atomic E-state index is 12.4. The number of carboxylic acid groups (broad SMARTS) is 1. The van der Waals surface area contributed by atoms with Gasteiger partial charge in [0.15, 0.2) is 0 Å². The van der Waals surface area contributed by atoms with Crippen LogP contribution in [0.2, 0.25) is 0 Å². The zero-order chi connectivity index (χ0) is 21.3. The van der Waals surface area contributed by atoms with E-state index in [1.165, 1.54) is 0 Å². The van der Waals surface area contributed by atoms with Gasteiger partial charge < -0.3 is 19.5 Å². The van der Waals surface area contributed by atoms with E-state index in [4.69, 9.17) is 14.6 Å². The van der Waals surface area contributed by atoms with Gasteiger partial charge in [0.05, 0.1) is 5.60 Å². The maximum Gasteiger partial charge on any atom is 0.410 e. The van der Waals surface area contributed by atoms with Crippen LogP contribution in [0.25, 0.3) is 0 Å². The normalized spacial score (nSPS) is 27.2. The van der Waals surface area contributed by atoms with Crippen LogP contribution in [0.3, 0.4) is 0 Å². The average Bonchev–Trinajstić information content (AvgIpc) is 3.05. The van der Waals surface area contributed by atoms with Crippen LogP contribution in [-0.2, 0) is 19.9 Å². The molecule has 2 heterocycles. The van der Waals surface area contributed by atoms with Gasteiger partial charge in [-0.15, -0.1) is 0 Å². The van der Waals surface area contributed by atoms with Crippen LogP contribution >= 0.6 is 15.9 Å². The van der Waals surface area contributed by atoms with Crippen LogP contribution in [0.5, 0.6) is 0 Å². The van der Waals surface area contributed by atoms with Crippen molar-refractivity contribution in [3.05, 3.63) is 28.5 Å². The van der Waals surface area contributed by atoms with Crippen molar-refractivity contribution >= 4 is 28.0 Å². The molecule has 2 aliphatic rings. The fourth-order valence-electron chi connectivity index (χ4n) is 4.37. The molecule has 1 spiro atoms. The smallest absolute Gasteiger partial charge is 0.410 e. The van der Waals surface area contributed by atoms with Crippen molar-refractivity contribution in [2.45, 2.75) is 64.1 Å². The summed E-state index contributed by atoms with van der Waals surface area (Å²) >= 11 is 3.34. The van der Waals surface area contributed by atoms with Gasteiger partial charge in [-0.25, -0.2) is 14.6 Å². The predicted octanol–water partition coefficient (Wildman–Crippen LogP) is 4.34. The molecule has 2 fully saturated rings. The molecule has 8 heteroatoms. The third kappa shape index (κ3) is 5.28. The van der Waals surface area contributed by atoms with Gasteiger partial charge in [-0.2, -0.15) is 0 Å². The molecule has 1 N–H and O–H groups in total. The molecule has 1 aromatic rings. The summed E-state index contributed by atoms with van der Waals surface area (Å²) < 4.78 is 12.2. The maximum atomic E-state index is 12.4. The SMILES string of the molecule is CC(C)(C)OC(=O)N1CCC2(CCC(OCC(=O)O)(c3ccc(Br)nc3)CC2)C1. The fourth-order valence-corrected chi connectivity index (χ4v) is 4.61. The highest BCUT2D eigenvalue weighted by molar-refractivity contribution is 9.10. The number of carboxylic acids is 1.